The zero-order valence-corrected chi connectivity index (χ0v) is 23.0. The lowest BCUT2D eigenvalue weighted by Crippen LogP contribution is -2.49. The quantitative estimate of drug-likeness (QED) is 0.350. The van der Waals surface area contributed by atoms with Gasteiger partial charge in [0.05, 0.1) is 19.7 Å². The molecular formula is C29H36ClN5O3. The molecule has 9 heteroatoms. The highest BCUT2D eigenvalue weighted by Gasteiger charge is 2.26. The second-order valence-electron chi connectivity index (χ2n) is 10.3. The summed E-state index contributed by atoms with van der Waals surface area (Å²) in [4.78, 5) is 26.1. The highest BCUT2D eigenvalue weighted by atomic mass is 35.5. The van der Waals surface area contributed by atoms with E-state index in [1.54, 1.807) is 20.3 Å². The summed E-state index contributed by atoms with van der Waals surface area (Å²) in [6, 6.07) is 9.68. The largest absolute Gasteiger partial charge is 0.493 e. The third-order valence-corrected chi connectivity index (χ3v) is 8.16. The Morgan fingerprint density at radius 2 is 1.66 bits per heavy atom. The molecule has 1 saturated carbocycles. The SMILES string of the molecule is COc1cc2nc(N3CCN(C(=O)CC4CCCCCC4)CC3)nc(N)c2cc1OC.Clc1cc2ccc1=2. The van der Waals surface area contributed by atoms with Gasteiger partial charge in [-0.1, -0.05) is 49.4 Å². The molecule has 1 saturated heterocycles. The number of anilines is 2. The fourth-order valence-electron chi connectivity index (χ4n) is 5.45. The van der Waals surface area contributed by atoms with Crippen LogP contribution in [0.3, 0.4) is 0 Å². The third kappa shape index (κ3) is 5.60. The summed E-state index contributed by atoms with van der Waals surface area (Å²) in [5.41, 5.74) is 6.95. The molecule has 38 heavy (non-hydrogen) atoms. The molecule has 0 bridgehead atoms. The average molecular weight is 538 g/mol. The lowest BCUT2D eigenvalue weighted by molar-refractivity contribution is -0.132. The number of piperazine rings is 1. The van der Waals surface area contributed by atoms with Crippen molar-refractivity contribution in [1.29, 1.82) is 0 Å². The van der Waals surface area contributed by atoms with Gasteiger partial charge in [0.15, 0.2) is 11.5 Å². The number of nitrogens with two attached hydrogens (primary N) is 1. The zero-order valence-electron chi connectivity index (χ0n) is 22.2. The van der Waals surface area contributed by atoms with E-state index < -0.39 is 0 Å². The summed E-state index contributed by atoms with van der Waals surface area (Å²) in [7, 11) is 3.19. The van der Waals surface area contributed by atoms with Crippen LogP contribution in [0.25, 0.3) is 10.9 Å². The lowest BCUT2D eigenvalue weighted by Gasteiger charge is -2.35. The molecule has 1 aromatic heterocycles. The maximum absolute atomic E-state index is 12.8. The summed E-state index contributed by atoms with van der Waals surface area (Å²) in [6.45, 7) is 2.79. The number of carbonyl (C=O) groups excluding carboxylic acids is 1. The molecule has 6 rings (SSSR count). The van der Waals surface area contributed by atoms with E-state index in [-0.39, 0.29) is 0 Å². The molecule has 202 valence electrons. The number of methoxy groups -OCH3 is 2. The Morgan fingerprint density at radius 1 is 0.974 bits per heavy atom. The van der Waals surface area contributed by atoms with Crippen molar-refractivity contribution in [2.75, 3.05) is 51.0 Å². The molecule has 2 fully saturated rings. The molecule has 2 heterocycles. The van der Waals surface area contributed by atoms with Crippen molar-refractivity contribution in [2.24, 2.45) is 5.92 Å². The first-order valence-corrected chi connectivity index (χ1v) is 13.9. The highest BCUT2D eigenvalue weighted by molar-refractivity contribution is 6.31. The normalized spacial score (nSPS) is 16.9. The Bertz CT molecular complexity index is 1400. The minimum atomic E-state index is 0.294. The minimum absolute atomic E-state index is 0.294. The molecule has 0 spiro atoms. The molecule has 3 aliphatic carbocycles. The Balaban J connectivity index is 0.000000358. The molecule has 1 aliphatic heterocycles. The van der Waals surface area contributed by atoms with Crippen molar-refractivity contribution < 1.29 is 14.3 Å². The number of fused-ring (bicyclic) bond motifs is 1. The minimum Gasteiger partial charge on any atom is -0.493 e. The molecule has 0 atom stereocenters. The van der Waals surface area contributed by atoms with E-state index in [2.05, 4.69) is 16.0 Å². The monoisotopic (exact) mass is 537 g/mol. The van der Waals surface area contributed by atoms with E-state index >= 15 is 0 Å². The third-order valence-electron chi connectivity index (χ3n) is 7.85. The van der Waals surface area contributed by atoms with Gasteiger partial charge in [-0.2, -0.15) is 4.98 Å². The van der Waals surface area contributed by atoms with Gasteiger partial charge < -0.3 is 25.0 Å². The first-order chi connectivity index (χ1) is 18.5. The summed E-state index contributed by atoms with van der Waals surface area (Å²) in [5.74, 6) is 3.05. The number of hydrogen-bond donors (Lipinski definition) is 1. The van der Waals surface area contributed by atoms with Crippen molar-refractivity contribution in [3.8, 4) is 11.5 Å². The predicted octanol–water partition coefficient (Wildman–Crippen LogP) is 5.18. The van der Waals surface area contributed by atoms with Crippen LogP contribution >= 0.6 is 11.6 Å². The van der Waals surface area contributed by atoms with Gasteiger partial charge in [0.1, 0.15) is 5.82 Å². The van der Waals surface area contributed by atoms with E-state index in [1.165, 1.54) is 49.0 Å². The summed E-state index contributed by atoms with van der Waals surface area (Å²) < 4.78 is 10.8. The Kier molecular flexibility index (Phi) is 8.07. The molecule has 0 radical (unpaired) electrons. The van der Waals surface area contributed by atoms with Crippen LogP contribution in [0, 0.1) is 16.4 Å². The fourth-order valence-corrected chi connectivity index (χ4v) is 5.74. The van der Waals surface area contributed by atoms with Gasteiger partial charge in [0, 0.05) is 54.3 Å². The number of nitrogen functional groups attached to an aromatic ring is 1. The van der Waals surface area contributed by atoms with Crippen LogP contribution in [0.1, 0.15) is 44.9 Å². The molecule has 1 aromatic carbocycles. The number of rotatable bonds is 5. The van der Waals surface area contributed by atoms with Crippen LogP contribution in [0.5, 0.6) is 11.5 Å². The number of ether oxygens (including phenoxy) is 2. The van der Waals surface area contributed by atoms with Gasteiger partial charge in [-0.25, -0.2) is 4.98 Å². The van der Waals surface area contributed by atoms with Gasteiger partial charge in [-0.15, -0.1) is 0 Å². The topological polar surface area (TPSA) is 93.8 Å². The first-order valence-electron chi connectivity index (χ1n) is 13.5. The molecule has 2 N–H and O–H groups in total. The lowest BCUT2D eigenvalue weighted by atomic mass is 9.96. The van der Waals surface area contributed by atoms with Crippen LogP contribution < -0.4 is 20.1 Å². The van der Waals surface area contributed by atoms with Gasteiger partial charge in [0.2, 0.25) is 11.9 Å². The van der Waals surface area contributed by atoms with Crippen molar-refractivity contribution >= 4 is 40.2 Å². The number of aromatic nitrogens is 2. The van der Waals surface area contributed by atoms with Gasteiger partial charge in [-0.3, -0.25) is 4.79 Å². The van der Waals surface area contributed by atoms with E-state index in [4.69, 9.17) is 31.8 Å². The molecule has 4 aliphatic rings. The van der Waals surface area contributed by atoms with Crippen LogP contribution in [0.2, 0.25) is 5.02 Å². The number of hydrogen-bond acceptors (Lipinski definition) is 7. The second-order valence-corrected chi connectivity index (χ2v) is 10.7. The second kappa shape index (κ2) is 11.6. The number of benzene rings is 2. The summed E-state index contributed by atoms with van der Waals surface area (Å²) >= 11 is 5.60. The number of amides is 1. The van der Waals surface area contributed by atoms with E-state index in [1.807, 2.05) is 23.1 Å². The van der Waals surface area contributed by atoms with Crippen molar-refractivity contribution in [3.63, 3.8) is 0 Å². The Morgan fingerprint density at radius 3 is 2.18 bits per heavy atom. The van der Waals surface area contributed by atoms with Crippen LogP contribution in [-0.4, -0.2) is 61.2 Å². The summed E-state index contributed by atoms with van der Waals surface area (Å²) in [6.07, 6.45) is 8.26. The van der Waals surface area contributed by atoms with E-state index in [9.17, 15) is 4.79 Å². The number of carbonyl (C=O) groups is 1. The first kappa shape index (κ1) is 26.4. The molecule has 8 nitrogen and oxygen atoms in total. The fraction of sp³-hybridized carbons (Fsp3) is 0.483. The molecule has 1 amide bonds. The Labute approximate surface area is 228 Å². The average Bonchev–Trinajstić information content (AvgIpc) is 3.19. The zero-order chi connectivity index (χ0) is 26.6. The summed E-state index contributed by atoms with van der Waals surface area (Å²) in [5, 5.41) is 4.20. The highest BCUT2D eigenvalue weighted by Crippen LogP contribution is 2.34. The van der Waals surface area contributed by atoms with Gasteiger partial charge in [0.25, 0.3) is 0 Å². The molecule has 0 unspecified atom stereocenters. The number of nitrogens with zero attached hydrogens (tertiary/aromatic N) is 4. The standard InChI is InChI=1S/C23H33N5O3.C6H3Cl/c1-30-19-14-17-18(15-20(19)31-2)25-23(26-22(17)24)28-11-9-27(10-12-28)21(29)13-16-7-5-3-4-6-8-16;7-6-3-4-1-2-5(4)6/h14-16H,3-13H2,1-2H3,(H2,24,25,26);1-3H. The maximum atomic E-state index is 12.8. The van der Waals surface area contributed by atoms with Gasteiger partial charge in [-0.05, 0) is 36.1 Å². The molecule has 2 aromatic rings. The maximum Gasteiger partial charge on any atom is 0.228 e. The van der Waals surface area contributed by atoms with Crippen molar-refractivity contribution in [2.45, 2.75) is 44.9 Å². The number of halogens is 1. The van der Waals surface area contributed by atoms with Crippen LogP contribution in [0.4, 0.5) is 11.8 Å². The molecular weight excluding hydrogens is 502 g/mol. The van der Waals surface area contributed by atoms with Crippen molar-refractivity contribution in [3.05, 3.63) is 45.8 Å². The smallest absolute Gasteiger partial charge is 0.228 e. The van der Waals surface area contributed by atoms with Crippen molar-refractivity contribution in [1.82, 2.24) is 14.9 Å². The Hall–Kier alpha value is -3.26. The van der Waals surface area contributed by atoms with E-state index in [0.717, 1.165) is 10.4 Å². The van der Waals surface area contributed by atoms with E-state index in [0.29, 0.717) is 73.2 Å². The van der Waals surface area contributed by atoms with Gasteiger partial charge >= 0.3 is 0 Å². The van der Waals surface area contributed by atoms with Crippen LogP contribution in [0.15, 0.2) is 30.3 Å². The predicted molar refractivity (Wildman–Crippen MR) is 151 cm³/mol. The van der Waals surface area contributed by atoms with Crippen LogP contribution in [-0.2, 0) is 4.79 Å².